The van der Waals surface area contributed by atoms with Crippen molar-refractivity contribution in [1.82, 2.24) is 0 Å². The van der Waals surface area contributed by atoms with Crippen LogP contribution in [0.2, 0.25) is 5.02 Å². The summed E-state index contributed by atoms with van der Waals surface area (Å²) < 4.78 is 28.5. The van der Waals surface area contributed by atoms with E-state index in [2.05, 4.69) is 47.1 Å². The average molecular weight is 605 g/mol. The fourth-order valence-corrected chi connectivity index (χ4v) is 5.01. The molecule has 0 fully saturated rings. The molecule has 13 heteroatoms. The maximum Gasteiger partial charge on any atom is 0.295 e. The first kappa shape index (κ1) is 24.0. The van der Waals surface area contributed by atoms with Crippen LogP contribution in [-0.2, 0) is 10.0 Å². The number of aromatic hydroxyl groups is 1. The second kappa shape index (κ2) is 9.86. The van der Waals surface area contributed by atoms with Gasteiger partial charge in [0.15, 0.2) is 0 Å². The molecule has 32 heavy (non-hydrogen) atoms. The number of hydrogen-bond acceptors (Lipinski definition) is 7. The van der Waals surface area contributed by atoms with Gasteiger partial charge < -0.3 is 5.11 Å². The maximum absolute atomic E-state index is 12.6. The van der Waals surface area contributed by atoms with E-state index < -0.39 is 20.6 Å². The summed E-state index contributed by atoms with van der Waals surface area (Å²) in [4.78, 5) is 10.5. The molecule has 0 spiro atoms. The summed E-state index contributed by atoms with van der Waals surface area (Å²) in [5.74, 6) is 0.0222. The van der Waals surface area contributed by atoms with Crippen LogP contribution in [0.3, 0.4) is 0 Å². The number of phenolic OH excluding ortho intramolecular Hbond substituents is 1. The summed E-state index contributed by atoms with van der Waals surface area (Å²) >= 11 is 12.3. The zero-order valence-corrected chi connectivity index (χ0v) is 20.5. The predicted octanol–water partition coefficient (Wildman–Crippen LogP) is 5.73. The Morgan fingerprint density at radius 1 is 1.09 bits per heavy atom. The number of phenols is 1. The fourth-order valence-electron chi connectivity index (χ4n) is 2.53. The fraction of sp³-hybridized carbons (Fsp3) is 0. The van der Waals surface area contributed by atoms with Gasteiger partial charge in [-0.15, -0.1) is 0 Å². The van der Waals surface area contributed by atoms with Crippen LogP contribution in [0, 0.1) is 10.1 Å². The van der Waals surface area contributed by atoms with Crippen LogP contribution >= 0.6 is 43.5 Å². The van der Waals surface area contributed by atoms with Gasteiger partial charge in [0.1, 0.15) is 11.4 Å². The van der Waals surface area contributed by atoms with E-state index in [0.717, 1.165) is 6.07 Å². The number of halogens is 3. The highest BCUT2D eigenvalue weighted by molar-refractivity contribution is 9.11. The summed E-state index contributed by atoms with van der Waals surface area (Å²) in [6.45, 7) is 0. The molecule has 0 atom stereocenters. The molecule has 0 saturated heterocycles. The number of anilines is 2. The molecular formula is C19H13Br2ClN4O5S. The average Bonchev–Trinajstić information content (AvgIpc) is 2.71. The number of nitrogens with one attached hydrogen (secondary N) is 2. The quantitative estimate of drug-likeness (QED) is 0.179. The normalized spacial score (nSPS) is 11.5. The number of hydrogen-bond donors (Lipinski definition) is 3. The lowest BCUT2D eigenvalue weighted by molar-refractivity contribution is -0.384. The van der Waals surface area contributed by atoms with E-state index >= 15 is 0 Å². The molecule has 0 aliphatic carbocycles. The van der Waals surface area contributed by atoms with Gasteiger partial charge in [-0.05, 0) is 79.9 Å². The molecular weight excluding hydrogens is 592 g/mol. The van der Waals surface area contributed by atoms with Crippen molar-refractivity contribution in [2.45, 2.75) is 4.90 Å². The van der Waals surface area contributed by atoms with Crippen molar-refractivity contribution >= 4 is 76.8 Å². The van der Waals surface area contributed by atoms with Crippen LogP contribution in [-0.4, -0.2) is 24.7 Å². The summed E-state index contributed by atoms with van der Waals surface area (Å²) in [6, 6.07) is 12.6. The molecule has 3 rings (SSSR count). The standard InChI is InChI=1S/C19H13Br2ClN4O5S/c20-15-6-11(7-16(21)19(15)27)10-23-24-17-5-4-14(9-18(17)26(28)29)32(30,31)25-13-3-1-2-12(22)8-13/h1-10,24-25,27H/b23-10+. The number of hydrazone groups is 1. The van der Waals surface area contributed by atoms with Gasteiger partial charge in [0, 0.05) is 11.1 Å². The smallest absolute Gasteiger partial charge is 0.295 e. The number of nitrogens with zero attached hydrogens (tertiary/aromatic N) is 2. The molecule has 3 N–H and O–H groups in total. The van der Waals surface area contributed by atoms with E-state index in [9.17, 15) is 23.6 Å². The number of nitro groups is 1. The van der Waals surface area contributed by atoms with E-state index in [4.69, 9.17) is 11.6 Å². The van der Waals surface area contributed by atoms with Gasteiger partial charge >= 0.3 is 0 Å². The van der Waals surface area contributed by atoms with Gasteiger partial charge in [0.05, 0.1) is 30.7 Å². The molecule has 0 aliphatic heterocycles. The predicted molar refractivity (Wildman–Crippen MR) is 130 cm³/mol. The Morgan fingerprint density at radius 3 is 2.41 bits per heavy atom. The van der Waals surface area contributed by atoms with Crippen LogP contribution < -0.4 is 10.1 Å². The Bertz CT molecular complexity index is 1310. The number of rotatable bonds is 7. The summed E-state index contributed by atoms with van der Waals surface area (Å²) in [5.41, 5.74) is 2.85. The van der Waals surface area contributed by atoms with Gasteiger partial charge in [-0.1, -0.05) is 17.7 Å². The van der Waals surface area contributed by atoms with Crippen molar-refractivity contribution in [2.75, 3.05) is 10.1 Å². The third-order valence-corrected chi connectivity index (χ3v) is 6.81. The van der Waals surface area contributed by atoms with Crippen molar-refractivity contribution < 1.29 is 18.4 Å². The summed E-state index contributed by atoms with van der Waals surface area (Å²) in [5, 5.41) is 25.5. The minimum absolute atomic E-state index is 0.00938. The Hall–Kier alpha value is -2.67. The minimum Gasteiger partial charge on any atom is -0.506 e. The lowest BCUT2D eigenvalue weighted by atomic mass is 10.2. The SMILES string of the molecule is O=[N+]([O-])c1cc(S(=O)(=O)Nc2cccc(Cl)c2)ccc1N/N=C/c1cc(Br)c(O)c(Br)c1. The van der Waals surface area contributed by atoms with E-state index in [1.165, 1.54) is 30.5 Å². The largest absolute Gasteiger partial charge is 0.506 e. The van der Waals surface area contributed by atoms with E-state index in [-0.39, 0.29) is 22.0 Å². The maximum atomic E-state index is 12.6. The van der Waals surface area contributed by atoms with Crippen LogP contribution in [0.1, 0.15) is 5.56 Å². The van der Waals surface area contributed by atoms with Crippen LogP contribution in [0.15, 0.2) is 73.5 Å². The van der Waals surface area contributed by atoms with Gasteiger partial charge in [0.2, 0.25) is 0 Å². The molecule has 3 aromatic rings. The van der Waals surface area contributed by atoms with E-state index in [0.29, 0.717) is 19.5 Å². The second-order valence-corrected chi connectivity index (χ2v) is 10.1. The van der Waals surface area contributed by atoms with Crippen LogP contribution in [0.25, 0.3) is 0 Å². The zero-order chi connectivity index (χ0) is 23.5. The molecule has 0 unspecified atom stereocenters. The lowest BCUT2D eigenvalue weighted by Gasteiger charge is -2.09. The topological polar surface area (TPSA) is 134 Å². The Balaban J connectivity index is 1.85. The molecule has 0 saturated carbocycles. The molecule has 0 radical (unpaired) electrons. The summed E-state index contributed by atoms with van der Waals surface area (Å²) in [6.07, 6.45) is 1.38. The molecule has 3 aromatic carbocycles. The Kier molecular flexibility index (Phi) is 7.39. The van der Waals surface area contributed by atoms with Crippen LogP contribution in [0.4, 0.5) is 17.1 Å². The summed E-state index contributed by atoms with van der Waals surface area (Å²) in [7, 11) is -4.09. The van der Waals surface area contributed by atoms with Gasteiger partial charge in [0.25, 0.3) is 15.7 Å². The molecule has 0 heterocycles. The van der Waals surface area contributed by atoms with Crippen LogP contribution in [0.5, 0.6) is 5.75 Å². The minimum atomic E-state index is -4.09. The van der Waals surface area contributed by atoms with Crippen molar-refractivity contribution in [3.8, 4) is 5.75 Å². The third kappa shape index (κ3) is 5.76. The number of nitro benzene ring substituents is 1. The van der Waals surface area contributed by atoms with Crippen molar-refractivity contribution in [2.24, 2.45) is 5.10 Å². The zero-order valence-electron chi connectivity index (χ0n) is 15.8. The van der Waals surface area contributed by atoms with E-state index in [1.807, 2.05) is 0 Å². The molecule has 9 nitrogen and oxygen atoms in total. The molecule has 0 bridgehead atoms. The highest BCUT2D eigenvalue weighted by atomic mass is 79.9. The van der Waals surface area contributed by atoms with Gasteiger partial charge in [-0.2, -0.15) is 5.10 Å². The number of sulfonamides is 1. The highest BCUT2D eigenvalue weighted by Gasteiger charge is 2.21. The highest BCUT2D eigenvalue weighted by Crippen LogP contribution is 2.33. The van der Waals surface area contributed by atoms with Gasteiger partial charge in [-0.3, -0.25) is 20.3 Å². The van der Waals surface area contributed by atoms with Crippen molar-refractivity contribution in [1.29, 1.82) is 0 Å². The van der Waals surface area contributed by atoms with Gasteiger partial charge in [-0.25, -0.2) is 8.42 Å². The monoisotopic (exact) mass is 602 g/mol. The molecule has 166 valence electrons. The number of benzene rings is 3. The first-order chi connectivity index (χ1) is 15.1. The lowest BCUT2D eigenvalue weighted by Crippen LogP contribution is -2.13. The first-order valence-corrected chi connectivity index (χ1v) is 12.1. The second-order valence-electron chi connectivity index (χ2n) is 6.26. The third-order valence-electron chi connectivity index (χ3n) is 3.99. The van der Waals surface area contributed by atoms with Crippen molar-refractivity contribution in [3.63, 3.8) is 0 Å². The van der Waals surface area contributed by atoms with Crippen molar-refractivity contribution in [3.05, 3.63) is 84.2 Å². The first-order valence-electron chi connectivity index (χ1n) is 8.61. The molecule has 0 aliphatic rings. The Labute approximate surface area is 204 Å². The Morgan fingerprint density at radius 2 is 1.78 bits per heavy atom. The van der Waals surface area contributed by atoms with E-state index in [1.54, 1.807) is 24.3 Å². The molecule has 0 aromatic heterocycles. The molecule has 0 amide bonds.